The number of fused-ring (bicyclic) bond motifs is 4. The summed E-state index contributed by atoms with van der Waals surface area (Å²) in [7, 11) is 7.37. The van der Waals surface area contributed by atoms with Crippen LogP contribution in [0.5, 0.6) is 11.5 Å². The van der Waals surface area contributed by atoms with Crippen LogP contribution in [0.4, 0.5) is 0 Å². The van der Waals surface area contributed by atoms with Gasteiger partial charge in [0, 0.05) is 74.3 Å². The fourth-order valence-corrected chi connectivity index (χ4v) is 12.1. The highest BCUT2D eigenvalue weighted by atomic mass is 16.5. The molecule has 3 fully saturated rings. The number of rotatable bonds is 18. The molecule has 6 aromatic heterocycles. The molecule has 2 saturated carbocycles. The van der Waals surface area contributed by atoms with Crippen molar-refractivity contribution in [1.29, 1.82) is 0 Å². The van der Waals surface area contributed by atoms with Gasteiger partial charge in [-0.15, -0.1) is 0 Å². The average Bonchev–Trinajstić information content (AvgIpc) is 4.16. The molecular formula is C67H71N13O7. The van der Waals surface area contributed by atoms with Gasteiger partial charge < -0.3 is 49.2 Å². The number of amides is 3. The van der Waals surface area contributed by atoms with E-state index in [1.807, 2.05) is 124 Å². The molecule has 3 amide bonds. The largest absolute Gasteiger partial charge is 0.494 e. The predicted molar refractivity (Wildman–Crippen MR) is 332 cm³/mol. The Morgan fingerprint density at radius 3 is 1.63 bits per heavy atom. The lowest BCUT2D eigenvalue weighted by molar-refractivity contribution is -0.0168. The molecule has 0 spiro atoms. The van der Waals surface area contributed by atoms with Crippen molar-refractivity contribution in [3.05, 3.63) is 154 Å². The van der Waals surface area contributed by atoms with Crippen LogP contribution in [0, 0.1) is 11.8 Å². The first-order chi connectivity index (χ1) is 41.7. The van der Waals surface area contributed by atoms with E-state index < -0.39 is 17.0 Å². The van der Waals surface area contributed by atoms with Crippen molar-refractivity contribution in [2.75, 3.05) is 27.2 Å². The van der Waals surface area contributed by atoms with Gasteiger partial charge in [-0.05, 0) is 162 Å². The van der Waals surface area contributed by atoms with Gasteiger partial charge in [-0.3, -0.25) is 19.4 Å². The number of carbonyl (C=O) groups excluding carboxylic acids is 3. The van der Waals surface area contributed by atoms with Crippen molar-refractivity contribution in [2.24, 2.45) is 31.7 Å². The van der Waals surface area contributed by atoms with Gasteiger partial charge in [0.25, 0.3) is 17.7 Å². The van der Waals surface area contributed by atoms with E-state index in [4.69, 9.17) is 35.1 Å². The van der Waals surface area contributed by atoms with E-state index in [2.05, 4.69) is 31.9 Å². The second-order valence-corrected chi connectivity index (χ2v) is 24.9. The van der Waals surface area contributed by atoms with Gasteiger partial charge in [0.1, 0.15) is 40.4 Å². The minimum absolute atomic E-state index is 0.0336. The van der Waals surface area contributed by atoms with Crippen LogP contribution in [0.1, 0.15) is 118 Å². The highest BCUT2D eigenvalue weighted by Gasteiger charge is 2.34. The van der Waals surface area contributed by atoms with E-state index in [1.165, 1.54) is 6.07 Å². The summed E-state index contributed by atoms with van der Waals surface area (Å²) in [6.07, 6.45) is 5.24. The number of carbonyl (C=O) groups is 4. The van der Waals surface area contributed by atoms with E-state index in [0.29, 0.717) is 92.7 Å². The zero-order valence-corrected chi connectivity index (χ0v) is 50.2. The summed E-state index contributed by atoms with van der Waals surface area (Å²) in [5, 5.41) is 22.1. The maximum Gasteiger partial charge on any atom is 0.335 e. The lowest BCUT2D eigenvalue weighted by atomic mass is 9.98. The number of nitrogens with two attached hydrogens (primary N) is 1. The van der Waals surface area contributed by atoms with Crippen LogP contribution in [0.15, 0.2) is 115 Å². The standard InChI is InChI=1S/C67H71N13O7/c1-66(2,73-62(81)41-12-10-9-11-13-41)54-24-22-44-31-51(79(59(44)71-54)35-39-16-17-39)61-70-49-29-46(65(84)85)33-53(57(49)77(61)7)87-37-40-18-20-42(21-19-40)63(82)74-67(3,4)55-25-23-43-30-50(78(58(43)72-55)34-38-14-15-38)60-69-48-28-45(32-52(86-8)56(48)76(60)6)64(83)80-36-47(68)26-27-75(80)5/h9-13,18-25,28-33,38-39,47H,14-17,26-27,34-37,68H2,1-8H3,(H,73,81)(H,74,82)(H,84,85)/t47-/m1/s1. The van der Waals surface area contributed by atoms with Crippen LogP contribution in [0.2, 0.25) is 0 Å². The van der Waals surface area contributed by atoms with Crippen molar-refractivity contribution < 1.29 is 33.8 Å². The Morgan fingerprint density at radius 2 is 1.11 bits per heavy atom. The number of hydrogen-bond donors (Lipinski definition) is 4. The molecule has 0 unspecified atom stereocenters. The van der Waals surface area contributed by atoms with Crippen LogP contribution >= 0.6 is 0 Å². The Morgan fingerprint density at radius 1 is 0.609 bits per heavy atom. The number of nitrogens with one attached hydrogen (secondary N) is 2. The number of methoxy groups -OCH3 is 1. The van der Waals surface area contributed by atoms with Crippen LogP contribution in [-0.4, -0.2) is 110 Å². The number of hydrogen-bond acceptors (Lipinski definition) is 12. The highest BCUT2D eigenvalue weighted by Crippen LogP contribution is 2.41. The molecule has 4 aromatic carbocycles. The van der Waals surface area contributed by atoms with Crippen LogP contribution < -0.4 is 25.8 Å². The molecule has 7 heterocycles. The quantitative estimate of drug-likeness (QED) is 0.0627. The Bertz CT molecular complexity index is 4390. The molecule has 446 valence electrons. The summed E-state index contributed by atoms with van der Waals surface area (Å²) >= 11 is 0. The molecule has 10 aromatic rings. The van der Waals surface area contributed by atoms with E-state index in [9.17, 15) is 24.3 Å². The Hall–Kier alpha value is -9.40. The van der Waals surface area contributed by atoms with E-state index >= 15 is 0 Å². The maximum absolute atomic E-state index is 14.1. The molecule has 20 nitrogen and oxygen atoms in total. The van der Waals surface area contributed by atoms with Gasteiger partial charge in [-0.2, -0.15) is 0 Å². The molecule has 13 rings (SSSR count). The maximum atomic E-state index is 14.1. The van der Waals surface area contributed by atoms with E-state index in [0.717, 1.165) is 89.7 Å². The fraction of sp³-hybridized carbons (Fsp3) is 0.343. The molecule has 87 heavy (non-hydrogen) atoms. The first kappa shape index (κ1) is 56.7. The monoisotopic (exact) mass is 1170 g/mol. The third-order valence-electron chi connectivity index (χ3n) is 17.5. The first-order valence-electron chi connectivity index (χ1n) is 29.7. The number of pyridine rings is 2. The number of nitrogens with zero attached hydrogens (tertiary/aromatic N) is 10. The molecule has 1 atom stereocenters. The van der Waals surface area contributed by atoms with E-state index in [-0.39, 0.29) is 35.9 Å². The Labute approximate surface area is 502 Å². The van der Waals surface area contributed by atoms with E-state index in [1.54, 1.807) is 48.5 Å². The molecule has 2 aliphatic carbocycles. The minimum Gasteiger partial charge on any atom is -0.494 e. The van der Waals surface area contributed by atoms with Crippen molar-refractivity contribution >= 4 is 67.8 Å². The summed E-state index contributed by atoms with van der Waals surface area (Å²) in [5.41, 5.74) is 14.0. The van der Waals surface area contributed by atoms with Crippen molar-refractivity contribution in [1.82, 2.24) is 58.9 Å². The molecule has 0 radical (unpaired) electrons. The highest BCUT2D eigenvalue weighted by molar-refractivity contribution is 6.01. The van der Waals surface area contributed by atoms with Crippen molar-refractivity contribution in [3.8, 4) is 34.5 Å². The van der Waals surface area contributed by atoms with Gasteiger partial charge in [-0.25, -0.2) is 29.7 Å². The SMILES string of the molecule is COc1cc(C(=O)N2C[C@H](N)CCN2C)cc2nc(-c3cc4ccc(C(C)(C)NC(=O)c5ccc(COc6cc(C(=O)O)cc7nc(-c8cc9ccc(C(C)(C)NC(=O)c%10ccccc%10)nc9n8CC8CC8)n(C)c67)cc5)nc4n3CC3CC3)n(C)c12. The number of ether oxygens (including phenoxy) is 2. The number of benzene rings is 4. The topological polar surface area (TPSA) is 235 Å². The number of hydrazine groups is 1. The summed E-state index contributed by atoms with van der Waals surface area (Å²) in [6.45, 7) is 10.4. The van der Waals surface area contributed by atoms with Crippen molar-refractivity contribution in [2.45, 2.75) is 96.6 Å². The first-order valence-corrected chi connectivity index (χ1v) is 29.7. The molecule has 1 aliphatic heterocycles. The van der Waals surface area contributed by atoms with Crippen LogP contribution in [-0.2, 0) is 44.9 Å². The summed E-state index contributed by atoms with van der Waals surface area (Å²) < 4.78 is 20.8. The lowest BCUT2D eigenvalue weighted by Gasteiger charge is -2.38. The third kappa shape index (κ3) is 10.8. The molecular weight excluding hydrogens is 1100 g/mol. The molecule has 5 N–H and O–H groups in total. The zero-order valence-electron chi connectivity index (χ0n) is 50.2. The number of aromatic carboxylic acids is 1. The zero-order chi connectivity index (χ0) is 60.8. The number of carboxylic acid groups (broad SMARTS) is 1. The van der Waals surface area contributed by atoms with Gasteiger partial charge in [-0.1, -0.05) is 30.3 Å². The van der Waals surface area contributed by atoms with Gasteiger partial charge in [0.05, 0.1) is 64.1 Å². The number of imidazole rings is 2. The van der Waals surface area contributed by atoms with Crippen molar-refractivity contribution in [3.63, 3.8) is 0 Å². The smallest absolute Gasteiger partial charge is 0.335 e. The Balaban J connectivity index is 0.737. The van der Waals surface area contributed by atoms with Gasteiger partial charge >= 0.3 is 5.97 Å². The average molecular weight is 1170 g/mol. The minimum atomic E-state index is -1.11. The normalized spacial score (nSPS) is 15.9. The molecule has 0 bridgehead atoms. The molecule has 3 aliphatic rings. The second-order valence-electron chi connectivity index (χ2n) is 24.9. The summed E-state index contributed by atoms with van der Waals surface area (Å²) in [6, 6.07) is 35.0. The third-order valence-corrected chi connectivity index (χ3v) is 17.5. The van der Waals surface area contributed by atoms with Gasteiger partial charge in [0.2, 0.25) is 0 Å². The number of carboxylic acids is 1. The number of aryl methyl sites for hydroxylation is 2. The Kier molecular flexibility index (Phi) is 14.2. The summed E-state index contributed by atoms with van der Waals surface area (Å²) in [4.78, 5) is 74.7. The van der Waals surface area contributed by atoms with Crippen LogP contribution in [0.25, 0.3) is 67.2 Å². The fourth-order valence-electron chi connectivity index (χ4n) is 12.1. The number of aromatic nitrogens is 8. The predicted octanol–water partition coefficient (Wildman–Crippen LogP) is 9.95. The summed E-state index contributed by atoms with van der Waals surface area (Å²) in [5.74, 6) is 1.43. The lowest BCUT2D eigenvalue weighted by Crippen LogP contribution is -2.55. The van der Waals surface area contributed by atoms with Crippen LogP contribution in [0.3, 0.4) is 0 Å². The molecule has 1 saturated heterocycles. The molecule has 20 heteroatoms. The second kappa shape index (κ2) is 21.8. The van der Waals surface area contributed by atoms with Gasteiger partial charge in [0.15, 0.2) is 11.6 Å².